The van der Waals surface area contributed by atoms with Gasteiger partial charge in [0.15, 0.2) is 5.13 Å². The van der Waals surface area contributed by atoms with Crippen LogP contribution >= 0.6 is 11.3 Å². The maximum absolute atomic E-state index is 8.77. The fourth-order valence-electron chi connectivity index (χ4n) is 1.92. The van der Waals surface area contributed by atoms with Crippen molar-refractivity contribution in [1.82, 2.24) is 9.97 Å². The van der Waals surface area contributed by atoms with Crippen molar-refractivity contribution < 1.29 is 0 Å². The Labute approximate surface area is 103 Å². The van der Waals surface area contributed by atoms with Gasteiger partial charge in [0.2, 0.25) is 0 Å². The van der Waals surface area contributed by atoms with Gasteiger partial charge >= 0.3 is 0 Å². The van der Waals surface area contributed by atoms with E-state index in [4.69, 9.17) is 5.26 Å². The summed E-state index contributed by atoms with van der Waals surface area (Å²) in [4.78, 5) is 10.1. The minimum absolute atomic E-state index is 0.416. The molecule has 0 saturated carbocycles. The molecule has 0 atom stereocenters. The monoisotopic (exact) mass is 242 g/mol. The van der Waals surface area contributed by atoms with Crippen LogP contribution in [0.4, 0.5) is 10.9 Å². The normalized spacial score (nSPS) is 13.1. The summed E-state index contributed by atoms with van der Waals surface area (Å²) in [5.41, 5.74) is 1.63. The van der Waals surface area contributed by atoms with Crippen LogP contribution in [-0.4, -0.2) is 9.97 Å². The van der Waals surface area contributed by atoms with Gasteiger partial charge in [-0.05, 0) is 31.4 Å². The van der Waals surface area contributed by atoms with Gasteiger partial charge < -0.3 is 5.32 Å². The highest BCUT2D eigenvalue weighted by Crippen LogP contribution is 2.31. The van der Waals surface area contributed by atoms with Gasteiger partial charge in [-0.2, -0.15) is 5.26 Å². The molecule has 2 aromatic rings. The van der Waals surface area contributed by atoms with Gasteiger partial charge in [-0.25, -0.2) is 9.97 Å². The van der Waals surface area contributed by atoms with E-state index in [0.29, 0.717) is 11.5 Å². The molecule has 3 rings (SSSR count). The number of aromatic nitrogens is 2. The summed E-state index contributed by atoms with van der Waals surface area (Å²) in [6.07, 6.45) is 3.44. The lowest BCUT2D eigenvalue weighted by molar-refractivity contribution is 0.900. The van der Waals surface area contributed by atoms with Crippen LogP contribution in [0.25, 0.3) is 0 Å². The lowest BCUT2D eigenvalue weighted by Crippen LogP contribution is -1.94. The number of nitrogens with one attached hydrogen (secondary N) is 1. The Hall–Kier alpha value is -1.93. The number of anilines is 2. The van der Waals surface area contributed by atoms with E-state index in [-0.39, 0.29) is 0 Å². The highest BCUT2D eigenvalue weighted by Gasteiger charge is 2.16. The summed E-state index contributed by atoms with van der Waals surface area (Å²) < 4.78 is 0. The summed E-state index contributed by atoms with van der Waals surface area (Å²) in [7, 11) is 0. The van der Waals surface area contributed by atoms with Gasteiger partial charge in [0.1, 0.15) is 17.6 Å². The van der Waals surface area contributed by atoms with Crippen LogP contribution in [-0.2, 0) is 12.8 Å². The highest BCUT2D eigenvalue weighted by molar-refractivity contribution is 7.15. The Morgan fingerprint density at radius 2 is 2.24 bits per heavy atom. The molecule has 0 spiro atoms. The number of hydrogen-bond donors (Lipinski definition) is 1. The number of nitrogens with zero attached hydrogens (tertiary/aromatic N) is 3. The Morgan fingerprint density at radius 1 is 1.29 bits per heavy atom. The first-order valence-corrected chi connectivity index (χ1v) is 6.29. The molecular formula is C12H10N4S. The number of pyridine rings is 1. The Morgan fingerprint density at radius 3 is 3.06 bits per heavy atom. The molecule has 0 aromatic carbocycles. The minimum atomic E-state index is 0.416. The molecule has 4 nitrogen and oxygen atoms in total. The molecule has 5 heteroatoms. The molecule has 1 N–H and O–H groups in total. The lowest BCUT2D eigenvalue weighted by Gasteiger charge is -2.01. The number of nitriles is 1. The zero-order chi connectivity index (χ0) is 11.7. The summed E-state index contributed by atoms with van der Waals surface area (Å²) in [5.74, 6) is 0.677. The van der Waals surface area contributed by atoms with Crippen molar-refractivity contribution in [2.45, 2.75) is 19.3 Å². The molecule has 0 radical (unpaired) electrons. The zero-order valence-corrected chi connectivity index (χ0v) is 9.92. The average Bonchev–Trinajstić information content (AvgIpc) is 2.90. The SMILES string of the molecule is N#Cc1cccc(Nc2nc3c(s2)CCC3)n1. The van der Waals surface area contributed by atoms with E-state index in [1.54, 1.807) is 17.4 Å². The van der Waals surface area contributed by atoms with Crippen molar-refractivity contribution in [2.75, 3.05) is 5.32 Å². The Kier molecular flexibility index (Phi) is 2.50. The summed E-state index contributed by atoms with van der Waals surface area (Å²) in [5, 5.41) is 12.8. The molecule has 1 aliphatic carbocycles. The van der Waals surface area contributed by atoms with Crippen molar-refractivity contribution in [3.63, 3.8) is 0 Å². The van der Waals surface area contributed by atoms with Crippen LogP contribution in [0.15, 0.2) is 18.2 Å². The minimum Gasteiger partial charge on any atom is -0.316 e. The maximum Gasteiger partial charge on any atom is 0.188 e. The van der Waals surface area contributed by atoms with Gasteiger partial charge in [0.25, 0.3) is 0 Å². The first-order valence-electron chi connectivity index (χ1n) is 5.48. The van der Waals surface area contributed by atoms with Crippen molar-refractivity contribution in [2.24, 2.45) is 0 Å². The third kappa shape index (κ3) is 1.99. The number of rotatable bonds is 2. The number of fused-ring (bicyclic) bond motifs is 1. The molecular weight excluding hydrogens is 232 g/mol. The molecule has 0 amide bonds. The van der Waals surface area contributed by atoms with Crippen LogP contribution in [0.5, 0.6) is 0 Å². The fourth-order valence-corrected chi connectivity index (χ4v) is 2.98. The molecule has 17 heavy (non-hydrogen) atoms. The van der Waals surface area contributed by atoms with Crippen LogP contribution < -0.4 is 5.32 Å². The first kappa shape index (κ1) is 10.2. The van der Waals surface area contributed by atoms with Crippen molar-refractivity contribution >= 4 is 22.3 Å². The van der Waals surface area contributed by atoms with Crippen LogP contribution in [0.2, 0.25) is 0 Å². The number of hydrogen-bond acceptors (Lipinski definition) is 5. The van der Waals surface area contributed by atoms with Crippen LogP contribution in [0.1, 0.15) is 22.7 Å². The van der Waals surface area contributed by atoms with Crippen LogP contribution in [0.3, 0.4) is 0 Å². The topological polar surface area (TPSA) is 61.6 Å². The molecule has 2 heterocycles. The van der Waals surface area contributed by atoms with E-state index in [1.807, 2.05) is 18.2 Å². The number of aryl methyl sites for hydroxylation is 2. The standard InChI is InChI=1S/C12H10N4S/c13-7-8-3-1-6-11(14-8)16-12-15-9-4-2-5-10(9)17-12/h1,3,6H,2,4-5H2,(H,14,15,16). The second-order valence-corrected chi connectivity index (χ2v) is 4.97. The lowest BCUT2D eigenvalue weighted by atomic mass is 10.3. The molecule has 0 unspecified atom stereocenters. The van der Waals surface area contributed by atoms with Gasteiger partial charge in [0, 0.05) is 4.88 Å². The summed E-state index contributed by atoms with van der Waals surface area (Å²) in [6.45, 7) is 0. The van der Waals surface area contributed by atoms with Crippen molar-refractivity contribution in [1.29, 1.82) is 5.26 Å². The van der Waals surface area contributed by atoms with E-state index in [9.17, 15) is 0 Å². The van der Waals surface area contributed by atoms with E-state index < -0.39 is 0 Å². The van der Waals surface area contributed by atoms with Gasteiger partial charge in [-0.15, -0.1) is 11.3 Å². The van der Waals surface area contributed by atoms with Crippen molar-refractivity contribution in [3.05, 3.63) is 34.5 Å². The maximum atomic E-state index is 8.77. The molecule has 0 bridgehead atoms. The molecule has 0 aliphatic heterocycles. The highest BCUT2D eigenvalue weighted by atomic mass is 32.1. The first-order chi connectivity index (χ1) is 8.35. The third-order valence-electron chi connectivity index (χ3n) is 2.69. The quantitative estimate of drug-likeness (QED) is 0.879. The molecule has 1 aliphatic rings. The average molecular weight is 242 g/mol. The third-order valence-corrected chi connectivity index (χ3v) is 3.77. The number of thiazole rings is 1. The van der Waals surface area contributed by atoms with E-state index in [2.05, 4.69) is 15.3 Å². The van der Waals surface area contributed by atoms with Gasteiger partial charge in [-0.1, -0.05) is 6.07 Å². The molecule has 84 valence electrons. The molecule has 2 aromatic heterocycles. The smallest absolute Gasteiger partial charge is 0.188 e. The van der Waals surface area contributed by atoms with Gasteiger partial charge in [-0.3, -0.25) is 0 Å². The van der Waals surface area contributed by atoms with E-state index in [1.165, 1.54) is 17.0 Å². The second kappa shape index (κ2) is 4.15. The van der Waals surface area contributed by atoms with Crippen molar-refractivity contribution in [3.8, 4) is 6.07 Å². The Balaban J connectivity index is 1.84. The fraction of sp³-hybridized carbons (Fsp3) is 0.250. The predicted octanol–water partition coefficient (Wildman–Crippen LogP) is 2.64. The summed E-state index contributed by atoms with van der Waals surface area (Å²) >= 11 is 1.69. The van der Waals surface area contributed by atoms with E-state index >= 15 is 0 Å². The van der Waals surface area contributed by atoms with Crippen LogP contribution in [0, 0.1) is 11.3 Å². The van der Waals surface area contributed by atoms with E-state index in [0.717, 1.165) is 18.0 Å². The second-order valence-electron chi connectivity index (χ2n) is 3.89. The van der Waals surface area contributed by atoms with Gasteiger partial charge in [0.05, 0.1) is 5.69 Å². The predicted molar refractivity (Wildman–Crippen MR) is 66.4 cm³/mol. The largest absolute Gasteiger partial charge is 0.316 e. The molecule has 0 fully saturated rings. The molecule has 0 saturated heterocycles. The Bertz CT molecular complexity index is 575. The zero-order valence-electron chi connectivity index (χ0n) is 9.10. The summed E-state index contributed by atoms with van der Waals surface area (Å²) in [6, 6.07) is 7.37.